The van der Waals surface area contributed by atoms with Crippen LogP contribution < -0.4 is 0 Å². The number of rotatable bonds is 4. The molecule has 0 atom stereocenters. The molecule has 0 aliphatic heterocycles. The van der Waals surface area contributed by atoms with Crippen LogP contribution in [0.5, 0.6) is 0 Å². The summed E-state index contributed by atoms with van der Waals surface area (Å²) in [4.78, 5) is 9.86. The summed E-state index contributed by atoms with van der Waals surface area (Å²) in [5, 5.41) is 8.98. The van der Waals surface area contributed by atoms with Gasteiger partial charge in [0.1, 0.15) is 22.3 Å². The van der Waals surface area contributed by atoms with Gasteiger partial charge in [0.25, 0.3) is 0 Å². The highest BCUT2D eigenvalue weighted by atomic mass is 16.3. The summed E-state index contributed by atoms with van der Waals surface area (Å²) in [5.41, 5.74) is 14.3. The molecule has 0 unspecified atom stereocenters. The molecule has 0 saturated carbocycles. The number of aromatic nitrogens is 2. The summed E-state index contributed by atoms with van der Waals surface area (Å²) in [6, 6.07) is 60.2. The molecular weight excluding hydrogens is 685 g/mol. The summed E-state index contributed by atoms with van der Waals surface area (Å²) in [6.07, 6.45) is 3.59. The Hall–Kier alpha value is -7.56. The first kappa shape index (κ1) is 30.9. The van der Waals surface area contributed by atoms with Crippen molar-refractivity contribution in [2.24, 2.45) is 0 Å². The van der Waals surface area contributed by atoms with Crippen LogP contribution in [0.15, 0.2) is 191 Å². The van der Waals surface area contributed by atoms with Gasteiger partial charge in [-0.1, -0.05) is 133 Å². The fraction of sp³-hybridized carbons (Fsp3) is 0. The third kappa shape index (κ3) is 4.66. The molecule has 0 aliphatic carbocycles. The molecule has 0 saturated heterocycles. The van der Waals surface area contributed by atoms with Crippen molar-refractivity contribution in [2.75, 3.05) is 0 Å². The topological polar surface area (TPSA) is 52.1 Å². The molecular formula is C52H30N2O2. The van der Waals surface area contributed by atoms with E-state index in [1.165, 1.54) is 0 Å². The monoisotopic (exact) mass is 714 g/mol. The van der Waals surface area contributed by atoms with Gasteiger partial charge in [0, 0.05) is 55.8 Å². The van der Waals surface area contributed by atoms with Crippen LogP contribution in [-0.2, 0) is 0 Å². The van der Waals surface area contributed by atoms with Crippen LogP contribution in [0.25, 0.3) is 121 Å². The lowest BCUT2D eigenvalue weighted by Crippen LogP contribution is -1.90. The average molecular weight is 715 g/mol. The summed E-state index contributed by atoms with van der Waals surface area (Å²) < 4.78 is 12.8. The van der Waals surface area contributed by atoms with E-state index in [1.54, 1.807) is 12.4 Å². The third-order valence-corrected chi connectivity index (χ3v) is 11.4. The van der Waals surface area contributed by atoms with Crippen LogP contribution in [0.2, 0.25) is 0 Å². The third-order valence-electron chi connectivity index (χ3n) is 11.4. The molecule has 56 heavy (non-hydrogen) atoms. The summed E-state index contributed by atoms with van der Waals surface area (Å²) in [5.74, 6) is 0. The Morgan fingerprint density at radius 2 is 0.696 bits per heavy atom. The quantitative estimate of drug-likeness (QED) is 0.170. The van der Waals surface area contributed by atoms with Gasteiger partial charge in [0.15, 0.2) is 0 Å². The Labute approximate surface area is 320 Å². The molecule has 4 nitrogen and oxygen atoms in total. The molecule has 0 radical (unpaired) electrons. The number of benzene rings is 9. The first-order valence-electron chi connectivity index (χ1n) is 18.9. The second-order valence-corrected chi connectivity index (χ2v) is 14.5. The van der Waals surface area contributed by atoms with E-state index in [0.717, 1.165) is 121 Å². The van der Waals surface area contributed by atoms with Crippen molar-refractivity contribution in [3.8, 4) is 44.5 Å². The van der Waals surface area contributed by atoms with Gasteiger partial charge in [-0.2, -0.15) is 0 Å². The van der Waals surface area contributed by atoms with Crippen molar-refractivity contribution in [3.05, 3.63) is 182 Å². The van der Waals surface area contributed by atoms with Gasteiger partial charge < -0.3 is 8.83 Å². The van der Waals surface area contributed by atoms with Crippen molar-refractivity contribution in [2.45, 2.75) is 0 Å². The minimum atomic E-state index is 0.891. The highest BCUT2D eigenvalue weighted by Crippen LogP contribution is 2.41. The zero-order valence-corrected chi connectivity index (χ0v) is 30.0. The highest BCUT2D eigenvalue weighted by molar-refractivity contribution is 6.24. The second kappa shape index (κ2) is 12.0. The lowest BCUT2D eigenvalue weighted by Gasteiger charge is -2.13. The van der Waals surface area contributed by atoms with Gasteiger partial charge >= 0.3 is 0 Å². The van der Waals surface area contributed by atoms with Crippen molar-refractivity contribution < 1.29 is 8.83 Å². The van der Waals surface area contributed by atoms with Crippen molar-refractivity contribution in [3.63, 3.8) is 0 Å². The highest BCUT2D eigenvalue weighted by Gasteiger charge is 2.17. The fourth-order valence-corrected chi connectivity index (χ4v) is 8.72. The van der Waals surface area contributed by atoms with Crippen LogP contribution in [0, 0.1) is 0 Å². The Morgan fingerprint density at radius 3 is 1.20 bits per heavy atom. The number of para-hydroxylation sites is 4. The van der Waals surface area contributed by atoms with Gasteiger partial charge in [-0.05, 0) is 80.6 Å². The molecule has 12 aromatic rings. The standard InChI is InChI=1S/C52H30N2O2/c1-3-19-47-41(13-1)43-17-7-15-37(51(43)55-47)35-11-5-9-31(27-35)33-21-23-39-40-24-22-34(30-46(40)50-49(45(39)29-33)53-25-26-54-50)32-10-6-12-36(28-32)38-16-8-18-44-42-14-2-4-20-48(42)56-52(38)44/h1-30H. The van der Waals surface area contributed by atoms with E-state index < -0.39 is 0 Å². The van der Waals surface area contributed by atoms with E-state index in [-0.39, 0.29) is 0 Å². The number of hydrogen-bond donors (Lipinski definition) is 0. The molecule has 0 amide bonds. The van der Waals surface area contributed by atoms with Gasteiger partial charge in [-0.15, -0.1) is 0 Å². The molecule has 12 rings (SSSR count). The van der Waals surface area contributed by atoms with Crippen LogP contribution in [0.4, 0.5) is 0 Å². The van der Waals surface area contributed by atoms with Crippen LogP contribution in [0.3, 0.4) is 0 Å². The minimum Gasteiger partial charge on any atom is -0.455 e. The predicted molar refractivity (Wildman–Crippen MR) is 231 cm³/mol. The molecule has 0 spiro atoms. The largest absolute Gasteiger partial charge is 0.455 e. The SMILES string of the molecule is c1cc(-c2ccc3c4ccc(-c5cccc(-c6cccc7c6oc6ccccc67)c5)cc4c4nccnc4c3c2)cc(-c2cccc3c2oc2ccccc23)c1. The maximum atomic E-state index is 6.40. The molecule has 260 valence electrons. The summed E-state index contributed by atoms with van der Waals surface area (Å²) >= 11 is 0. The average Bonchev–Trinajstić information content (AvgIpc) is 3.85. The van der Waals surface area contributed by atoms with Crippen molar-refractivity contribution in [1.82, 2.24) is 9.97 Å². The van der Waals surface area contributed by atoms with E-state index in [0.29, 0.717) is 0 Å². The smallest absolute Gasteiger partial charge is 0.143 e. The molecule has 0 N–H and O–H groups in total. The minimum absolute atomic E-state index is 0.891. The predicted octanol–water partition coefficient (Wildman–Crippen LogP) is 14.4. The first-order chi connectivity index (χ1) is 27.7. The van der Waals surface area contributed by atoms with Crippen molar-refractivity contribution >= 4 is 76.5 Å². The Bertz CT molecular complexity index is 3300. The van der Waals surface area contributed by atoms with Crippen LogP contribution in [0.1, 0.15) is 0 Å². The number of nitrogens with zero attached hydrogens (tertiary/aromatic N) is 2. The fourth-order valence-electron chi connectivity index (χ4n) is 8.72. The van der Waals surface area contributed by atoms with Gasteiger partial charge in [-0.3, -0.25) is 9.97 Å². The van der Waals surface area contributed by atoms with E-state index in [2.05, 4.69) is 146 Å². The number of furan rings is 2. The van der Waals surface area contributed by atoms with Crippen LogP contribution in [-0.4, -0.2) is 9.97 Å². The molecule has 9 aromatic carbocycles. The first-order valence-corrected chi connectivity index (χ1v) is 18.9. The maximum Gasteiger partial charge on any atom is 0.143 e. The molecule has 0 aliphatic rings. The zero-order chi connectivity index (χ0) is 36.7. The summed E-state index contributed by atoms with van der Waals surface area (Å²) in [7, 11) is 0. The van der Waals surface area contributed by atoms with Gasteiger partial charge in [0.05, 0.1) is 11.0 Å². The van der Waals surface area contributed by atoms with Crippen LogP contribution >= 0.6 is 0 Å². The molecule has 4 heteroatoms. The number of fused-ring (bicyclic) bond motifs is 12. The second-order valence-electron chi connectivity index (χ2n) is 14.5. The Morgan fingerprint density at radius 1 is 0.286 bits per heavy atom. The normalized spacial score (nSPS) is 11.9. The molecule has 0 fully saturated rings. The Balaban J connectivity index is 0.968. The number of hydrogen-bond acceptors (Lipinski definition) is 4. The Kier molecular flexibility index (Phi) is 6.60. The lowest BCUT2D eigenvalue weighted by molar-refractivity contribution is 0.669. The molecule has 3 aromatic heterocycles. The van der Waals surface area contributed by atoms with E-state index in [4.69, 9.17) is 18.8 Å². The van der Waals surface area contributed by atoms with Gasteiger partial charge in [0.2, 0.25) is 0 Å². The summed E-state index contributed by atoms with van der Waals surface area (Å²) in [6.45, 7) is 0. The lowest BCUT2D eigenvalue weighted by atomic mass is 9.92. The zero-order valence-electron chi connectivity index (χ0n) is 30.0. The molecule has 3 heterocycles. The molecule has 0 bridgehead atoms. The van der Waals surface area contributed by atoms with Gasteiger partial charge in [-0.25, -0.2) is 0 Å². The van der Waals surface area contributed by atoms with E-state index in [1.807, 2.05) is 24.3 Å². The van der Waals surface area contributed by atoms with Crippen molar-refractivity contribution in [1.29, 1.82) is 0 Å². The van der Waals surface area contributed by atoms with E-state index >= 15 is 0 Å². The van der Waals surface area contributed by atoms with E-state index in [9.17, 15) is 0 Å². The maximum absolute atomic E-state index is 6.40.